The van der Waals surface area contributed by atoms with Crippen LogP contribution in [0.4, 0.5) is 0 Å². The summed E-state index contributed by atoms with van der Waals surface area (Å²) in [4.78, 5) is 24.0. The van der Waals surface area contributed by atoms with E-state index in [2.05, 4.69) is 15.1 Å². The summed E-state index contributed by atoms with van der Waals surface area (Å²) in [6.07, 6.45) is 3.31. The molecule has 5 rings (SSSR count). The number of pyridine rings is 1. The highest BCUT2D eigenvalue weighted by atomic mass is 35.5. The minimum Gasteiger partial charge on any atom is -0.337 e. The van der Waals surface area contributed by atoms with Crippen LogP contribution in [0.1, 0.15) is 35.3 Å². The molecule has 144 valence electrons. The minimum atomic E-state index is -0.260. The van der Waals surface area contributed by atoms with Crippen LogP contribution in [0.15, 0.2) is 65.3 Å². The molecule has 2 aromatic carbocycles. The maximum Gasteiger partial charge on any atom is 0.273 e. The van der Waals surface area contributed by atoms with Gasteiger partial charge in [-0.1, -0.05) is 53.2 Å². The van der Waals surface area contributed by atoms with Gasteiger partial charge < -0.3 is 9.42 Å². The predicted molar refractivity (Wildman–Crippen MR) is 109 cm³/mol. The summed E-state index contributed by atoms with van der Waals surface area (Å²) in [5, 5.41) is 6.53. The molecule has 7 heteroatoms. The van der Waals surface area contributed by atoms with Gasteiger partial charge in [0.2, 0.25) is 11.7 Å². The van der Waals surface area contributed by atoms with Crippen LogP contribution in [0.2, 0.25) is 5.02 Å². The first kappa shape index (κ1) is 17.8. The molecule has 2 aromatic heterocycles. The van der Waals surface area contributed by atoms with E-state index in [1.165, 1.54) is 0 Å². The lowest BCUT2D eigenvalue weighted by molar-refractivity contribution is 0.0706. The number of rotatable bonds is 3. The van der Waals surface area contributed by atoms with E-state index in [1.807, 2.05) is 42.5 Å². The van der Waals surface area contributed by atoms with E-state index in [1.54, 1.807) is 23.2 Å². The van der Waals surface area contributed by atoms with Gasteiger partial charge in [-0.25, -0.2) is 0 Å². The Morgan fingerprint density at radius 1 is 1.14 bits per heavy atom. The molecule has 1 aliphatic heterocycles. The number of likely N-dealkylation sites (tertiary alicyclic amines) is 1. The van der Waals surface area contributed by atoms with Crippen molar-refractivity contribution in [2.45, 2.75) is 18.9 Å². The van der Waals surface area contributed by atoms with Crippen LogP contribution in [0.3, 0.4) is 0 Å². The van der Waals surface area contributed by atoms with E-state index >= 15 is 0 Å². The highest BCUT2D eigenvalue weighted by Gasteiger charge is 2.35. The largest absolute Gasteiger partial charge is 0.337 e. The number of carbonyl (C=O) groups is 1. The SMILES string of the molecule is O=C(c1nccc2ccccc12)N1CCC[C@H]1c1nc(-c2cccc(Cl)c2)no1. The van der Waals surface area contributed by atoms with E-state index < -0.39 is 0 Å². The maximum atomic E-state index is 13.3. The van der Waals surface area contributed by atoms with Gasteiger partial charge >= 0.3 is 0 Å². The first-order chi connectivity index (χ1) is 14.2. The molecule has 1 fully saturated rings. The fraction of sp³-hybridized carbons (Fsp3) is 0.182. The summed E-state index contributed by atoms with van der Waals surface area (Å²) in [5.74, 6) is 0.781. The zero-order chi connectivity index (χ0) is 19.8. The third-order valence-electron chi connectivity index (χ3n) is 5.20. The van der Waals surface area contributed by atoms with Gasteiger partial charge in [-0.05, 0) is 36.4 Å². The lowest BCUT2D eigenvalue weighted by atomic mass is 10.1. The van der Waals surface area contributed by atoms with Gasteiger partial charge in [0.1, 0.15) is 11.7 Å². The Hall–Kier alpha value is -3.25. The summed E-state index contributed by atoms with van der Waals surface area (Å²) < 4.78 is 5.53. The smallest absolute Gasteiger partial charge is 0.273 e. The predicted octanol–water partition coefficient (Wildman–Crippen LogP) is 4.92. The number of benzene rings is 2. The Morgan fingerprint density at radius 2 is 2.03 bits per heavy atom. The van der Waals surface area contributed by atoms with Gasteiger partial charge in [0.05, 0.1) is 0 Å². The lowest BCUT2D eigenvalue weighted by Crippen LogP contribution is -2.31. The molecular formula is C22H17ClN4O2. The Balaban J connectivity index is 1.47. The zero-order valence-corrected chi connectivity index (χ0v) is 16.2. The minimum absolute atomic E-state index is 0.119. The Labute approximate surface area is 172 Å². The molecular weight excluding hydrogens is 388 g/mol. The maximum absolute atomic E-state index is 13.3. The van der Waals surface area contributed by atoms with E-state index in [9.17, 15) is 4.79 Å². The summed E-state index contributed by atoms with van der Waals surface area (Å²) in [6, 6.07) is 16.7. The number of carbonyl (C=O) groups excluding carboxylic acids is 1. The molecule has 0 saturated carbocycles. The lowest BCUT2D eigenvalue weighted by Gasteiger charge is -2.22. The van der Waals surface area contributed by atoms with E-state index in [4.69, 9.17) is 16.1 Å². The molecule has 0 spiro atoms. The normalized spacial score (nSPS) is 16.4. The molecule has 29 heavy (non-hydrogen) atoms. The molecule has 0 N–H and O–H groups in total. The number of fused-ring (bicyclic) bond motifs is 1. The van der Waals surface area contributed by atoms with E-state index in [-0.39, 0.29) is 11.9 Å². The van der Waals surface area contributed by atoms with Gasteiger partial charge in [-0.15, -0.1) is 0 Å². The molecule has 1 atom stereocenters. The molecule has 1 saturated heterocycles. The standard InChI is InChI=1S/C22H17ClN4O2/c23-16-7-3-6-15(13-16)20-25-21(29-26-20)18-9-4-12-27(18)22(28)19-17-8-2-1-5-14(17)10-11-24-19/h1-3,5-8,10-11,13,18H,4,9,12H2/t18-/m0/s1. The highest BCUT2D eigenvalue weighted by molar-refractivity contribution is 6.30. The van der Waals surface area contributed by atoms with Crippen molar-refractivity contribution in [2.24, 2.45) is 0 Å². The van der Waals surface area contributed by atoms with Crippen LogP contribution in [-0.2, 0) is 0 Å². The van der Waals surface area contributed by atoms with Crippen molar-refractivity contribution in [1.82, 2.24) is 20.0 Å². The van der Waals surface area contributed by atoms with Gasteiger partial charge in [0, 0.05) is 28.7 Å². The number of hydrogen-bond donors (Lipinski definition) is 0. The van der Waals surface area contributed by atoms with Crippen molar-refractivity contribution in [3.8, 4) is 11.4 Å². The third-order valence-corrected chi connectivity index (χ3v) is 5.43. The van der Waals surface area contributed by atoms with Crippen LogP contribution in [-0.4, -0.2) is 32.5 Å². The molecule has 0 radical (unpaired) electrons. The fourth-order valence-corrected chi connectivity index (χ4v) is 4.00. The molecule has 4 aromatic rings. The fourth-order valence-electron chi connectivity index (χ4n) is 3.81. The molecule has 3 heterocycles. The van der Waals surface area contributed by atoms with Crippen LogP contribution in [0, 0.1) is 0 Å². The topological polar surface area (TPSA) is 72.1 Å². The van der Waals surface area contributed by atoms with Crippen molar-refractivity contribution in [1.29, 1.82) is 0 Å². The van der Waals surface area contributed by atoms with Crippen LogP contribution < -0.4 is 0 Å². The number of amides is 1. The number of halogens is 1. The Bertz CT molecular complexity index is 1200. The van der Waals surface area contributed by atoms with Crippen molar-refractivity contribution in [2.75, 3.05) is 6.54 Å². The summed E-state index contributed by atoms with van der Waals surface area (Å²) in [6.45, 7) is 0.628. The van der Waals surface area contributed by atoms with Crippen molar-refractivity contribution in [3.05, 3.63) is 77.4 Å². The third kappa shape index (κ3) is 3.25. The summed E-state index contributed by atoms with van der Waals surface area (Å²) >= 11 is 6.06. The average Bonchev–Trinajstić information content (AvgIpc) is 3.42. The molecule has 0 unspecified atom stereocenters. The second kappa shape index (κ2) is 7.29. The Kier molecular flexibility index (Phi) is 4.48. The first-order valence-corrected chi connectivity index (χ1v) is 9.83. The molecule has 0 aliphatic carbocycles. The van der Waals surface area contributed by atoms with Gasteiger partial charge in [0.15, 0.2) is 0 Å². The van der Waals surface area contributed by atoms with Gasteiger partial charge in [-0.2, -0.15) is 4.98 Å². The van der Waals surface area contributed by atoms with Crippen molar-refractivity contribution < 1.29 is 9.32 Å². The molecule has 6 nitrogen and oxygen atoms in total. The highest BCUT2D eigenvalue weighted by Crippen LogP contribution is 2.34. The van der Waals surface area contributed by atoms with Gasteiger partial charge in [0.25, 0.3) is 5.91 Å². The molecule has 0 bridgehead atoms. The summed E-state index contributed by atoms with van der Waals surface area (Å²) in [5.41, 5.74) is 1.23. The van der Waals surface area contributed by atoms with Crippen LogP contribution >= 0.6 is 11.6 Å². The second-order valence-electron chi connectivity index (χ2n) is 7.00. The molecule has 1 aliphatic rings. The summed E-state index contributed by atoms with van der Waals surface area (Å²) in [7, 11) is 0. The number of aromatic nitrogens is 3. The van der Waals surface area contributed by atoms with Crippen molar-refractivity contribution in [3.63, 3.8) is 0 Å². The number of hydrogen-bond acceptors (Lipinski definition) is 5. The second-order valence-corrected chi connectivity index (χ2v) is 7.44. The van der Waals surface area contributed by atoms with E-state index in [0.717, 1.165) is 29.2 Å². The zero-order valence-electron chi connectivity index (χ0n) is 15.5. The first-order valence-electron chi connectivity index (χ1n) is 9.45. The quantitative estimate of drug-likeness (QED) is 0.484. The number of nitrogens with zero attached hydrogens (tertiary/aromatic N) is 4. The monoisotopic (exact) mass is 404 g/mol. The molecule has 1 amide bonds. The Morgan fingerprint density at radius 3 is 2.93 bits per heavy atom. The van der Waals surface area contributed by atoms with Gasteiger partial charge in [-0.3, -0.25) is 9.78 Å². The van der Waals surface area contributed by atoms with E-state index in [0.29, 0.717) is 29.0 Å². The van der Waals surface area contributed by atoms with Crippen LogP contribution in [0.5, 0.6) is 0 Å². The van der Waals surface area contributed by atoms with Crippen molar-refractivity contribution >= 4 is 28.3 Å². The average molecular weight is 405 g/mol. The van der Waals surface area contributed by atoms with Crippen LogP contribution in [0.25, 0.3) is 22.2 Å².